The second kappa shape index (κ2) is 4.84. The first-order valence-electron chi connectivity index (χ1n) is 5.93. The average molecular weight is 236 g/mol. The van der Waals surface area contributed by atoms with Crippen LogP contribution in [0.1, 0.15) is 13.8 Å². The molecule has 0 bridgehead atoms. The van der Waals surface area contributed by atoms with Crippen LogP contribution in [0, 0.1) is 0 Å². The Morgan fingerprint density at radius 1 is 1.41 bits per heavy atom. The first-order valence-corrected chi connectivity index (χ1v) is 5.93. The highest BCUT2D eigenvalue weighted by Crippen LogP contribution is 2.31. The van der Waals surface area contributed by atoms with Crippen LogP contribution in [0.25, 0.3) is 0 Å². The zero-order chi connectivity index (χ0) is 12.4. The van der Waals surface area contributed by atoms with E-state index in [0.717, 1.165) is 30.3 Å². The minimum absolute atomic E-state index is 0.233. The van der Waals surface area contributed by atoms with Gasteiger partial charge in [0.2, 0.25) is 0 Å². The predicted molar refractivity (Wildman–Crippen MR) is 69.6 cm³/mol. The third kappa shape index (κ3) is 2.47. The van der Waals surface area contributed by atoms with Gasteiger partial charge >= 0.3 is 0 Å². The first-order chi connectivity index (χ1) is 8.11. The van der Waals surface area contributed by atoms with E-state index in [4.69, 9.17) is 15.2 Å². The molecule has 17 heavy (non-hydrogen) atoms. The van der Waals surface area contributed by atoms with Gasteiger partial charge in [-0.1, -0.05) is 0 Å². The van der Waals surface area contributed by atoms with E-state index < -0.39 is 0 Å². The van der Waals surface area contributed by atoms with E-state index >= 15 is 0 Å². The molecule has 1 heterocycles. The van der Waals surface area contributed by atoms with Crippen molar-refractivity contribution in [3.8, 4) is 5.75 Å². The fourth-order valence-electron chi connectivity index (χ4n) is 2.14. The van der Waals surface area contributed by atoms with Crippen molar-refractivity contribution < 1.29 is 9.47 Å². The Kier molecular flexibility index (Phi) is 3.43. The van der Waals surface area contributed by atoms with Crippen LogP contribution in [0.4, 0.5) is 11.4 Å². The molecule has 4 heteroatoms. The molecule has 1 aromatic rings. The Morgan fingerprint density at radius 2 is 2.18 bits per heavy atom. The van der Waals surface area contributed by atoms with Crippen molar-refractivity contribution in [2.75, 3.05) is 30.9 Å². The molecule has 0 aliphatic carbocycles. The van der Waals surface area contributed by atoms with E-state index in [2.05, 4.69) is 18.7 Å². The lowest BCUT2D eigenvalue weighted by Gasteiger charge is -2.39. The zero-order valence-electron chi connectivity index (χ0n) is 10.6. The van der Waals surface area contributed by atoms with Gasteiger partial charge in [0.15, 0.2) is 0 Å². The lowest BCUT2D eigenvalue weighted by atomic mass is 10.1. The molecular weight excluding hydrogens is 216 g/mol. The summed E-state index contributed by atoms with van der Waals surface area (Å²) in [7, 11) is 1.67. The lowest BCUT2D eigenvalue weighted by Crippen LogP contribution is -2.47. The van der Waals surface area contributed by atoms with Crippen LogP contribution in [0.2, 0.25) is 0 Å². The van der Waals surface area contributed by atoms with Gasteiger partial charge < -0.3 is 20.1 Å². The van der Waals surface area contributed by atoms with Gasteiger partial charge in [0.25, 0.3) is 0 Å². The number of ether oxygens (including phenoxy) is 2. The van der Waals surface area contributed by atoms with Crippen LogP contribution in [0.5, 0.6) is 5.75 Å². The second-order valence-corrected chi connectivity index (χ2v) is 4.57. The van der Waals surface area contributed by atoms with Crippen molar-refractivity contribution in [2.45, 2.75) is 26.0 Å². The van der Waals surface area contributed by atoms with E-state index in [0.29, 0.717) is 6.04 Å². The Hall–Kier alpha value is -1.42. The summed E-state index contributed by atoms with van der Waals surface area (Å²) in [6.45, 7) is 5.82. The third-order valence-corrected chi connectivity index (χ3v) is 3.15. The molecular formula is C13H20N2O2. The number of anilines is 2. The van der Waals surface area contributed by atoms with Gasteiger partial charge in [0.05, 0.1) is 31.2 Å². The third-order valence-electron chi connectivity index (χ3n) is 3.15. The molecule has 0 aromatic heterocycles. The van der Waals surface area contributed by atoms with Crippen molar-refractivity contribution in [3.63, 3.8) is 0 Å². The number of rotatable bonds is 2. The predicted octanol–water partition coefficient (Wildman–Crippen LogP) is 1.89. The Morgan fingerprint density at radius 3 is 2.88 bits per heavy atom. The topological polar surface area (TPSA) is 47.7 Å². The van der Waals surface area contributed by atoms with Crippen molar-refractivity contribution in [3.05, 3.63) is 18.2 Å². The highest BCUT2D eigenvalue weighted by atomic mass is 16.5. The first kappa shape index (κ1) is 12.0. The fourth-order valence-corrected chi connectivity index (χ4v) is 2.14. The second-order valence-electron chi connectivity index (χ2n) is 4.57. The fraction of sp³-hybridized carbons (Fsp3) is 0.538. The van der Waals surface area contributed by atoms with Crippen molar-refractivity contribution in [1.29, 1.82) is 0 Å². The number of nitrogens with two attached hydrogens (primary N) is 1. The molecule has 94 valence electrons. The molecule has 0 amide bonds. The molecule has 2 N–H and O–H groups in total. The number of nitrogen functional groups attached to an aromatic ring is 1. The summed E-state index contributed by atoms with van der Waals surface area (Å²) in [5.41, 5.74) is 7.86. The van der Waals surface area contributed by atoms with Crippen molar-refractivity contribution >= 4 is 11.4 Å². The van der Waals surface area contributed by atoms with Gasteiger partial charge in [-0.2, -0.15) is 0 Å². The minimum Gasteiger partial charge on any atom is -0.497 e. The normalized spacial score (nSPS) is 24.8. The van der Waals surface area contributed by atoms with Crippen LogP contribution in [0.15, 0.2) is 18.2 Å². The number of methoxy groups -OCH3 is 1. The van der Waals surface area contributed by atoms with E-state index in [1.807, 2.05) is 18.2 Å². The minimum atomic E-state index is 0.233. The van der Waals surface area contributed by atoms with Gasteiger partial charge in [-0.25, -0.2) is 0 Å². The molecule has 2 rings (SSSR count). The van der Waals surface area contributed by atoms with Gasteiger partial charge in [0, 0.05) is 18.7 Å². The average Bonchev–Trinajstić information content (AvgIpc) is 2.33. The van der Waals surface area contributed by atoms with Crippen LogP contribution in [-0.2, 0) is 4.74 Å². The summed E-state index contributed by atoms with van der Waals surface area (Å²) in [6.07, 6.45) is 0.233. The number of benzene rings is 1. The quantitative estimate of drug-likeness (QED) is 0.797. The molecule has 1 aliphatic heterocycles. The standard InChI is InChI=1S/C13H20N2O2/c1-9-8-17-10(2)7-15(9)13-6-11(16-3)4-5-12(13)14/h4-6,9-10H,7-8,14H2,1-3H3. The molecule has 0 spiro atoms. The molecule has 2 atom stereocenters. The van der Waals surface area contributed by atoms with E-state index in [9.17, 15) is 0 Å². The van der Waals surface area contributed by atoms with Crippen molar-refractivity contribution in [2.24, 2.45) is 0 Å². The maximum Gasteiger partial charge on any atom is 0.121 e. The van der Waals surface area contributed by atoms with Crippen LogP contribution < -0.4 is 15.4 Å². The molecule has 1 fully saturated rings. The SMILES string of the molecule is COc1ccc(N)c(N2CC(C)OCC2C)c1. The number of hydrogen-bond acceptors (Lipinski definition) is 4. The highest BCUT2D eigenvalue weighted by Gasteiger charge is 2.25. The molecule has 0 radical (unpaired) electrons. The monoisotopic (exact) mass is 236 g/mol. The van der Waals surface area contributed by atoms with Crippen LogP contribution in [-0.4, -0.2) is 32.4 Å². The molecule has 0 saturated carbocycles. The molecule has 1 saturated heterocycles. The largest absolute Gasteiger partial charge is 0.497 e. The van der Waals surface area contributed by atoms with Crippen molar-refractivity contribution in [1.82, 2.24) is 0 Å². The lowest BCUT2D eigenvalue weighted by molar-refractivity contribution is 0.0344. The van der Waals surface area contributed by atoms with Gasteiger partial charge in [-0.3, -0.25) is 0 Å². The van der Waals surface area contributed by atoms with Gasteiger partial charge in [-0.15, -0.1) is 0 Å². The summed E-state index contributed by atoms with van der Waals surface area (Å²) in [5.74, 6) is 0.834. The van der Waals surface area contributed by atoms with Crippen LogP contribution >= 0.6 is 0 Å². The van der Waals surface area contributed by atoms with E-state index in [-0.39, 0.29) is 6.10 Å². The van der Waals surface area contributed by atoms with E-state index in [1.165, 1.54) is 0 Å². The van der Waals surface area contributed by atoms with Gasteiger partial charge in [0.1, 0.15) is 5.75 Å². The molecule has 2 unspecified atom stereocenters. The smallest absolute Gasteiger partial charge is 0.121 e. The van der Waals surface area contributed by atoms with Crippen LogP contribution in [0.3, 0.4) is 0 Å². The summed E-state index contributed by atoms with van der Waals surface area (Å²) in [4.78, 5) is 2.28. The molecule has 1 aliphatic rings. The Balaban J connectivity index is 2.30. The number of hydrogen-bond donors (Lipinski definition) is 1. The Bertz CT molecular complexity index is 395. The number of nitrogens with zero attached hydrogens (tertiary/aromatic N) is 1. The zero-order valence-corrected chi connectivity index (χ0v) is 10.6. The summed E-state index contributed by atoms with van der Waals surface area (Å²) >= 11 is 0. The summed E-state index contributed by atoms with van der Waals surface area (Å²) in [6, 6.07) is 6.10. The molecule has 1 aromatic carbocycles. The maximum atomic E-state index is 6.04. The Labute approximate surface area is 102 Å². The maximum absolute atomic E-state index is 6.04. The van der Waals surface area contributed by atoms with E-state index in [1.54, 1.807) is 7.11 Å². The highest BCUT2D eigenvalue weighted by molar-refractivity contribution is 5.70. The summed E-state index contributed by atoms with van der Waals surface area (Å²) < 4.78 is 10.9. The molecule has 4 nitrogen and oxygen atoms in total. The number of morpholine rings is 1. The summed E-state index contributed by atoms with van der Waals surface area (Å²) in [5, 5.41) is 0. The van der Waals surface area contributed by atoms with Gasteiger partial charge in [-0.05, 0) is 26.0 Å².